The average molecular weight is 128 g/mol. The van der Waals surface area contributed by atoms with Crippen LogP contribution in [0.3, 0.4) is 0 Å². The van der Waals surface area contributed by atoms with Crippen molar-refractivity contribution in [2.45, 2.75) is 6.10 Å². The Morgan fingerprint density at radius 3 is 3.25 bits per heavy atom. The summed E-state index contributed by atoms with van der Waals surface area (Å²) >= 11 is 1.70. The summed E-state index contributed by atoms with van der Waals surface area (Å²) in [6.07, 6.45) is 0.518. The van der Waals surface area contributed by atoms with Crippen molar-refractivity contribution in [1.82, 2.24) is 0 Å². The first-order valence-corrected chi connectivity index (χ1v) is 3.56. The van der Waals surface area contributed by atoms with Crippen LogP contribution >= 0.6 is 11.8 Å². The maximum atomic E-state index is 4.97. The van der Waals surface area contributed by atoms with Crippen LogP contribution in [-0.2, 0) is 4.74 Å². The van der Waals surface area contributed by atoms with Gasteiger partial charge in [-0.15, -0.1) is 17.5 Å². The molecule has 8 heavy (non-hydrogen) atoms. The van der Waals surface area contributed by atoms with Crippen LogP contribution in [0.2, 0.25) is 0 Å². The van der Waals surface area contributed by atoms with Crippen LogP contribution < -0.4 is 0 Å². The minimum Gasteiger partial charge on any atom is -0.372 e. The van der Waals surface area contributed by atoms with E-state index in [1.165, 1.54) is 0 Å². The highest BCUT2D eigenvalue weighted by molar-refractivity contribution is 8.02. The van der Waals surface area contributed by atoms with Gasteiger partial charge in [0.25, 0.3) is 0 Å². The van der Waals surface area contributed by atoms with Crippen LogP contribution in [0.15, 0.2) is 17.7 Å². The summed E-state index contributed by atoms with van der Waals surface area (Å²) in [7, 11) is 0. The molecule has 1 rings (SSSR count). The number of hydrogen-bond donors (Lipinski definition) is 0. The Balaban J connectivity index is 1.95. The van der Waals surface area contributed by atoms with Crippen molar-refractivity contribution in [3.8, 4) is 0 Å². The molecule has 0 spiro atoms. The Morgan fingerprint density at radius 1 is 2.00 bits per heavy atom. The normalized spacial score (nSPS) is 24.2. The third-order valence-corrected chi connectivity index (χ3v) is 1.75. The van der Waals surface area contributed by atoms with Crippen LogP contribution in [-0.4, -0.2) is 18.5 Å². The first-order chi connectivity index (χ1) is 3.93. The van der Waals surface area contributed by atoms with Crippen molar-refractivity contribution in [3.63, 3.8) is 0 Å². The topological polar surface area (TPSA) is 12.5 Å². The second-order valence-electron chi connectivity index (χ2n) is 1.61. The first-order valence-electron chi connectivity index (χ1n) is 2.51. The molecule has 0 amide bonds. The van der Waals surface area contributed by atoms with Crippen LogP contribution in [0.4, 0.5) is 0 Å². The Hall–Kier alpha value is -0.170. The van der Waals surface area contributed by atoms with E-state index in [-0.39, 0.29) is 0 Å². The van der Waals surface area contributed by atoms with Gasteiger partial charge in [0, 0.05) is 11.2 Å². The maximum absolute atomic E-state index is 4.97. The van der Waals surface area contributed by atoms with Gasteiger partial charge >= 0.3 is 0 Å². The van der Waals surface area contributed by atoms with E-state index in [1.54, 1.807) is 11.8 Å². The predicted octanol–water partition coefficient (Wildman–Crippen LogP) is 1.42. The Kier molecular flexibility index (Phi) is 2.22. The first kappa shape index (κ1) is 5.96. The minimum absolute atomic E-state index is 0.518. The summed E-state index contributed by atoms with van der Waals surface area (Å²) in [5.74, 6) is 1.06. The van der Waals surface area contributed by atoms with Crippen LogP contribution in [0.25, 0.3) is 0 Å². The molecule has 1 fully saturated rings. The van der Waals surface area contributed by atoms with Gasteiger partial charge in [0.05, 0.1) is 12.7 Å². The number of thioether (sulfide) groups is 1. The molecule has 0 aromatic carbocycles. The molecule has 0 aromatic heterocycles. The van der Waals surface area contributed by atoms with Gasteiger partial charge in [-0.3, -0.25) is 0 Å². The molecule has 0 aromatic rings. The molecule has 1 nitrogen and oxygen atoms in total. The fraction of sp³-hybridized carbons (Fsp3) is 0.500. The Labute approximate surface area is 53.4 Å². The smallest absolute Gasteiger partial charge is 0.0903 e. The highest BCUT2D eigenvalue weighted by Crippen LogP contribution is 2.15. The lowest BCUT2D eigenvalue weighted by molar-refractivity contribution is 0.426. The molecule has 0 bridgehead atoms. The van der Waals surface area contributed by atoms with Crippen molar-refractivity contribution >= 4 is 11.8 Å². The molecule has 0 saturated carbocycles. The Bertz CT molecular complexity index is 112. The Morgan fingerprint density at radius 2 is 2.75 bits per heavy atom. The highest BCUT2D eigenvalue weighted by Gasteiger charge is 2.20. The zero-order valence-electron chi connectivity index (χ0n) is 4.59. The van der Waals surface area contributed by atoms with E-state index in [9.17, 15) is 0 Å². The van der Waals surface area contributed by atoms with E-state index in [2.05, 4.69) is 12.3 Å². The molecule has 1 unspecified atom stereocenters. The largest absolute Gasteiger partial charge is 0.372 e. The molecule has 1 saturated heterocycles. The summed E-state index contributed by atoms with van der Waals surface area (Å²) in [6.45, 7) is 4.38. The molecule has 0 radical (unpaired) electrons. The van der Waals surface area contributed by atoms with E-state index in [1.807, 2.05) is 5.41 Å². The van der Waals surface area contributed by atoms with E-state index in [0.717, 1.165) is 12.4 Å². The molecule has 44 valence electrons. The zero-order chi connectivity index (χ0) is 5.82. The van der Waals surface area contributed by atoms with Crippen molar-refractivity contribution in [2.75, 3.05) is 12.4 Å². The fourth-order valence-electron chi connectivity index (χ4n) is 0.379. The molecule has 1 atom stereocenters. The molecular formula is C6H8OS. The van der Waals surface area contributed by atoms with E-state index < -0.39 is 0 Å². The highest BCUT2D eigenvalue weighted by atomic mass is 32.2. The lowest BCUT2D eigenvalue weighted by Crippen LogP contribution is -1.84. The minimum atomic E-state index is 0.518. The van der Waals surface area contributed by atoms with Gasteiger partial charge in [-0.1, -0.05) is 6.58 Å². The average Bonchev–Trinajstić information content (AvgIpc) is 2.51. The monoisotopic (exact) mass is 128 g/mol. The third kappa shape index (κ3) is 2.22. The third-order valence-electron chi connectivity index (χ3n) is 0.851. The van der Waals surface area contributed by atoms with Crippen LogP contribution in [0.5, 0.6) is 0 Å². The second-order valence-corrected chi connectivity index (χ2v) is 2.51. The molecule has 0 N–H and O–H groups in total. The molecule has 1 aliphatic heterocycles. The van der Waals surface area contributed by atoms with Gasteiger partial charge in [0.1, 0.15) is 0 Å². The quantitative estimate of drug-likeness (QED) is 0.421. The summed E-state index contributed by atoms with van der Waals surface area (Å²) in [6, 6.07) is 0. The van der Waals surface area contributed by atoms with Gasteiger partial charge in [-0.25, -0.2) is 0 Å². The molecule has 2 heteroatoms. The molecular weight excluding hydrogens is 120 g/mol. The van der Waals surface area contributed by atoms with Crippen LogP contribution in [0.1, 0.15) is 0 Å². The summed E-state index contributed by atoms with van der Waals surface area (Å²) in [5.41, 5.74) is 2.68. The maximum Gasteiger partial charge on any atom is 0.0903 e. The number of rotatable bonds is 3. The number of epoxide rings is 1. The fourth-order valence-corrected chi connectivity index (χ4v) is 1.000. The van der Waals surface area contributed by atoms with Gasteiger partial charge in [-0.2, -0.15) is 0 Å². The van der Waals surface area contributed by atoms with Gasteiger partial charge in [0.2, 0.25) is 0 Å². The predicted molar refractivity (Wildman–Crippen MR) is 35.9 cm³/mol. The summed E-state index contributed by atoms with van der Waals surface area (Å²) in [4.78, 5) is 0. The summed E-state index contributed by atoms with van der Waals surface area (Å²) in [5, 5.41) is 1.86. The molecule has 1 aliphatic rings. The summed E-state index contributed by atoms with van der Waals surface area (Å²) < 4.78 is 4.97. The van der Waals surface area contributed by atoms with Gasteiger partial charge in [-0.05, 0) is 0 Å². The molecule has 0 aliphatic carbocycles. The number of ether oxygens (including phenoxy) is 1. The lowest BCUT2D eigenvalue weighted by Gasteiger charge is -1.82. The van der Waals surface area contributed by atoms with Crippen molar-refractivity contribution in [2.24, 2.45) is 0 Å². The van der Waals surface area contributed by atoms with Crippen molar-refractivity contribution in [1.29, 1.82) is 0 Å². The number of hydrogen-bond acceptors (Lipinski definition) is 2. The van der Waals surface area contributed by atoms with E-state index in [0.29, 0.717) is 6.10 Å². The standard InChI is InChI=1S/C6H8OS/c1-2-3-8-5-6-4-7-6/h3,6H,1,4-5H2. The lowest BCUT2D eigenvalue weighted by atomic mass is 10.6. The van der Waals surface area contributed by atoms with Gasteiger partial charge < -0.3 is 4.74 Å². The second kappa shape index (κ2) is 2.98. The zero-order valence-corrected chi connectivity index (χ0v) is 5.41. The van der Waals surface area contributed by atoms with Crippen LogP contribution in [0, 0.1) is 0 Å². The van der Waals surface area contributed by atoms with E-state index in [4.69, 9.17) is 4.74 Å². The van der Waals surface area contributed by atoms with Crippen molar-refractivity contribution in [3.05, 3.63) is 17.7 Å². The van der Waals surface area contributed by atoms with Gasteiger partial charge in [0.15, 0.2) is 0 Å². The van der Waals surface area contributed by atoms with E-state index >= 15 is 0 Å². The SMILES string of the molecule is C=C=CSCC1CO1. The van der Waals surface area contributed by atoms with Crippen molar-refractivity contribution < 1.29 is 4.74 Å². The molecule has 1 heterocycles.